The fraction of sp³-hybridized carbons (Fsp3) is 0.188. The average molecular weight is 209 g/mol. The Morgan fingerprint density at radius 1 is 0.812 bits per heavy atom. The Morgan fingerprint density at radius 3 is 2.31 bits per heavy atom. The van der Waals surface area contributed by atoms with E-state index in [0.717, 1.165) is 19.3 Å². The number of hydrogen-bond donors (Lipinski definition) is 0. The van der Waals surface area contributed by atoms with Gasteiger partial charge < -0.3 is 0 Å². The summed E-state index contributed by atoms with van der Waals surface area (Å²) in [7, 11) is 0. The minimum atomic E-state index is 1.01. The van der Waals surface area contributed by atoms with Crippen molar-refractivity contribution in [2.24, 2.45) is 0 Å². The molecule has 2 aromatic rings. The summed E-state index contributed by atoms with van der Waals surface area (Å²) in [5, 5.41) is 0. The molecule has 0 bridgehead atoms. The molecule has 0 unspecified atom stereocenters. The van der Waals surface area contributed by atoms with Gasteiger partial charge in [-0.15, -0.1) is 0 Å². The Hall–Kier alpha value is -1.56. The van der Waals surface area contributed by atoms with E-state index in [1.807, 2.05) is 0 Å². The molecule has 2 rings (SSSR count). The van der Waals surface area contributed by atoms with Gasteiger partial charge in [0.1, 0.15) is 0 Å². The first-order valence-corrected chi connectivity index (χ1v) is 5.84. The second kappa shape index (κ2) is 5.50. The van der Waals surface area contributed by atoms with Crippen LogP contribution >= 0.6 is 0 Å². The molecule has 0 nitrogen and oxygen atoms in total. The van der Waals surface area contributed by atoms with E-state index in [-0.39, 0.29) is 0 Å². The quantitative estimate of drug-likeness (QED) is 0.695. The standard InChI is InChI=1S/C16H17/c1-2-3-8-14-9-7-12-16(13-14)15-10-5-4-6-11-15/h4-7,9-13H,1-3,8H2. The SMILES string of the molecule is [CH2]CCCc1cccc(-c2ccccc2)c1. The maximum Gasteiger partial charge on any atom is -0.0181 e. The predicted octanol–water partition coefficient (Wildman–Crippen LogP) is 4.51. The third kappa shape index (κ3) is 2.73. The Labute approximate surface area is 97.9 Å². The minimum absolute atomic E-state index is 1.01. The molecular formula is C16H17. The minimum Gasteiger partial charge on any atom is -0.0622 e. The molecule has 0 amide bonds. The van der Waals surface area contributed by atoms with Crippen molar-refractivity contribution in [2.45, 2.75) is 19.3 Å². The Morgan fingerprint density at radius 2 is 1.56 bits per heavy atom. The molecule has 0 aliphatic rings. The molecule has 0 spiro atoms. The smallest absolute Gasteiger partial charge is 0.0181 e. The van der Waals surface area contributed by atoms with E-state index >= 15 is 0 Å². The van der Waals surface area contributed by atoms with Crippen LogP contribution < -0.4 is 0 Å². The molecule has 81 valence electrons. The highest BCUT2D eigenvalue weighted by Gasteiger charge is 1.98. The van der Waals surface area contributed by atoms with E-state index in [1.165, 1.54) is 16.7 Å². The van der Waals surface area contributed by atoms with Crippen molar-refractivity contribution < 1.29 is 0 Å². The molecule has 0 aliphatic carbocycles. The lowest BCUT2D eigenvalue weighted by molar-refractivity contribution is 0.841. The summed E-state index contributed by atoms with van der Waals surface area (Å²) in [6.45, 7) is 3.88. The van der Waals surface area contributed by atoms with Crippen LogP contribution in [0.15, 0.2) is 54.6 Å². The van der Waals surface area contributed by atoms with Gasteiger partial charge in [0.2, 0.25) is 0 Å². The van der Waals surface area contributed by atoms with E-state index in [9.17, 15) is 0 Å². The van der Waals surface area contributed by atoms with Gasteiger partial charge in [0, 0.05) is 0 Å². The van der Waals surface area contributed by atoms with Crippen molar-refractivity contribution in [3.8, 4) is 11.1 Å². The molecule has 0 atom stereocenters. The number of aryl methyl sites for hydroxylation is 1. The Kier molecular flexibility index (Phi) is 3.76. The molecular weight excluding hydrogens is 192 g/mol. The van der Waals surface area contributed by atoms with E-state index in [4.69, 9.17) is 0 Å². The van der Waals surface area contributed by atoms with Crippen molar-refractivity contribution >= 4 is 0 Å². The maximum absolute atomic E-state index is 3.88. The van der Waals surface area contributed by atoms with Crippen molar-refractivity contribution in [3.05, 3.63) is 67.1 Å². The molecule has 2 aromatic carbocycles. The maximum atomic E-state index is 3.88. The van der Waals surface area contributed by atoms with Gasteiger partial charge in [-0.2, -0.15) is 0 Å². The van der Waals surface area contributed by atoms with Gasteiger partial charge in [-0.3, -0.25) is 0 Å². The Balaban J connectivity index is 2.22. The van der Waals surface area contributed by atoms with Gasteiger partial charge in [-0.05, 0) is 29.5 Å². The number of unbranched alkanes of at least 4 members (excludes halogenated alkanes) is 1. The van der Waals surface area contributed by atoms with Gasteiger partial charge in [0.15, 0.2) is 0 Å². The normalized spacial score (nSPS) is 10.3. The first-order valence-electron chi connectivity index (χ1n) is 5.84. The fourth-order valence-electron chi connectivity index (χ4n) is 1.87. The van der Waals surface area contributed by atoms with Crippen molar-refractivity contribution in [1.82, 2.24) is 0 Å². The summed E-state index contributed by atoms with van der Waals surface area (Å²) < 4.78 is 0. The molecule has 0 saturated carbocycles. The van der Waals surface area contributed by atoms with Crippen molar-refractivity contribution in [1.29, 1.82) is 0 Å². The first-order chi connectivity index (χ1) is 7.90. The van der Waals surface area contributed by atoms with Gasteiger partial charge >= 0.3 is 0 Å². The number of hydrogen-bond acceptors (Lipinski definition) is 0. The van der Waals surface area contributed by atoms with Crippen molar-refractivity contribution in [2.75, 3.05) is 0 Å². The first kappa shape index (κ1) is 10.9. The summed E-state index contributed by atoms with van der Waals surface area (Å²) in [6, 6.07) is 19.3. The monoisotopic (exact) mass is 209 g/mol. The summed E-state index contributed by atoms with van der Waals surface area (Å²) in [6.07, 6.45) is 3.30. The number of benzene rings is 2. The molecule has 0 aromatic heterocycles. The largest absolute Gasteiger partial charge is 0.0622 e. The predicted molar refractivity (Wildman–Crippen MR) is 70.2 cm³/mol. The summed E-state index contributed by atoms with van der Waals surface area (Å²) in [5.41, 5.74) is 4.01. The second-order valence-electron chi connectivity index (χ2n) is 4.02. The van der Waals surface area contributed by atoms with Crippen LogP contribution in [0, 0.1) is 6.92 Å². The molecule has 0 fully saturated rings. The van der Waals surface area contributed by atoms with E-state index in [0.29, 0.717) is 0 Å². The zero-order valence-electron chi connectivity index (χ0n) is 9.52. The van der Waals surface area contributed by atoms with E-state index < -0.39 is 0 Å². The van der Waals surface area contributed by atoms with Crippen LogP contribution in [-0.2, 0) is 6.42 Å². The van der Waals surface area contributed by atoms with Crippen LogP contribution in [0.25, 0.3) is 11.1 Å². The lowest BCUT2D eigenvalue weighted by Gasteiger charge is -2.04. The Bertz CT molecular complexity index is 429. The van der Waals surface area contributed by atoms with Crippen LogP contribution in [0.3, 0.4) is 0 Å². The summed E-state index contributed by atoms with van der Waals surface area (Å²) in [5.74, 6) is 0. The van der Waals surface area contributed by atoms with Crippen LogP contribution in [-0.4, -0.2) is 0 Å². The van der Waals surface area contributed by atoms with Gasteiger partial charge in [0.25, 0.3) is 0 Å². The molecule has 0 saturated heterocycles. The third-order valence-corrected chi connectivity index (χ3v) is 2.75. The van der Waals surface area contributed by atoms with Gasteiger partial charge in [0.05, 0.1) is 0 Å². The topological polar surface area (TPSA) is 0 Å². The third-order valence-electron chi connectivity index (χ3n) is 2.75. The van der Waals surface area contributed by atoms with Crippen LogP contribution in [0.1, 0.15) is 18.4 Å². The van der Waals surface area contributed by atoms with Crippen molar-refractivity contribution in [3.63, 3.8) is 0 Å². The highest BCUT2D eigenvalue weighted by atomic mass is 14.0. The zero-order valence-corrected chi connectivity index (χ0v) is 9.52. The average Bonchev–Trinajstić information content (AvgIpc) is 2.38. The lowest BCUT2D eigenvalue weighted by Crippen LogP contribution is -1.85. The van der Waals surface area contributed by atoms with Gasteiger partial charge in [-0.1, -0.05) is 67.9 Å². The molecule has 0 heteroatoms. The molecule has 1 radical (unpaired) electrons. The highest BCUT2D eigenvalue weighted by molar-refractivity contribution is 5.63. The lowest BCUT2D eigenvalue weighted by atomic mass is 10.0. The molecule has 0 heterocycles. The fourth-order valence-corrected chi connectivity index (χ4v) is 1.87. The van der Waals surface area contributed by atoms with Crippen LogP contribution in [0.5, 0.6) is 0 Å². The highest BCUT2D eigenvalue weighted by Crippen LogP contribution is 2.20. The molecule has 0 N–H and O–H groups in total. The molecule has 0 aliphatic heterocycles. The van der Waals surface area contributed by atoms with E-state index in [2.05, 4.69) is 61.5 Å². The molecule has 16 heavy (non-hydrogen) atoms. The van der Waals surface area contributed by atoms with Gasteiger partial charge in [-0.25, -0.2) is 0 Å². The van der Waals surface area contributed by atoms with E-state index in [1.54, 1.807) is 0 Å². The second-order valence-corrected chi connectivity index (χ2v) is 4.02. The number of rotatable bonds is 4. The summed E-state index contributed by atoms with van der Waals surface area (Å²) in [4.78, 5) is 0. The summed E-state index contributed by atoms with van der Waals surface area (Å²) >= 11 is 0. The zero-order chi connectivity index (χ0) is 11.2. The van der Waals surface area contributed by atoms with Crippen LogP contribution in [0.4, 0.5) is 0 Å². The van der Waals surface area contributed by atoms with Crippen LogP contribution in [0.2, 0.25) is 0 Å².